The van der Waals surface area contributed by atoms with Gasteiger partial charge in [-0.15, -0.1) is 11.6 Å². The molecule has 2 nitrogen and oxygen atoms in total. The minimum atomic E-state index is 0.343. The summed E-state index contributed by atoms with van der Waals surface area (Å²) in [5, 5.41) is 0.343. The number of methoxy groups -OCH3 is 1. The Kier molecular flexibility index (Phi) is 5.13. The molecule has 0 amide bonds. The second-order valence-electron chi connectivity index (χ2n) is 5.73. The summed E-state index contributed by atoms with van der Waals surface area (Å²) in [6.07, 6.45) is 8.23. The quantitative estimate of drug-likeness (QED) is 0.722. The van der Waals surface area contributed by atoms with Crippen molar-refractivity contribution in [2.45, 2.75) is 63.0 Å². The number of halogens is 1. The van der Waals surface area contributed by atoms with Gasteiger partial charge in [0.2, 0.25) is 0 Å². The van der Waals surface area contributed by atoms with Gasteiger partial charge in [0.15, 0.2) is 0 Å². The average molecular weight is 260 g/mol. The van der Waals surface area contributed by atoms with E-state index in [-0.39, 0.29) is 0 Å². The van der Waals surface area contributed by atoms with Crippen molar-refractivity contribution in [3.05, 3.63) is 0 Å². The molecule has 1 aliphatic carbocycles. The third-order valence-electron chi connectivity index (χ3n) is 4.67. The first-order chi connectivity index (χ1) is 8.20. The van der Waals surface area contributed by atoms with E-state index in [1.807, 2.05) is 7.11 Å². The van der Waals surface area contributed by atoms with Crippen molar-refractivity contribution in [2.75, 3.05) is 20.2 Å². The Morgan fingerprint density at radius 3 is 2.47 bits per heavy atom. The summed E-state index contributed by atoms with van der Waals surface area (Å²) < 4.78 is 5.52. The molecular formula is C14H26ClNO. The Hall–Kier alpha value is 0.210. The molecule has 100 valence electrons. The van der Waals surface area contributed by atoms with E-state index in [0.29, 0.717) is 11.5 Å². The van der Waals surface area contributed by atoms with Crippen molar-refractivity contribution in [3.8, 4) is 0 Å². The molecular weight excluding hydrogens is 234 g/mol. The molecule has 0 radical (unpaired) electrons. The molecule has 3 heteroatoms. The van der Waals surface area contributed by atoms with Gasteiger partial charge in [-0.2, -0.15) is 0 Å². The van der Waals surface area contributed by atoms with Gasteiger partial charge in [0.1, 0.15) is 0 Å². The predicted molar refractivity (Wildman–Crippen MR) is 72.7 cm³/mol. The van der Waals surface area contributed by atoms with E-state index in [0.717, 1.165) is 12.0 Å². The molecule has 1 saturated carbocycles. The standard InChI is InChI=1S/C14H26ClNO/c1-11(15)12-6-8-16(9-7-12)13-4-3-5-14(10-13)17-2/h11-14H,3-10H2,1-2H3. The fourth-order valence-corrected chi connectivity index (χ4v) is 3.66. The molecule has 2 fully saturated rings. The lowest BCUT2D eigenvalue weighted by Gasteiger charge is -2.41. The van der Waals surface area contributed by atoms with Gasteiger partial charge in [-0.3, -0.25) is 0 Å². The van der Waals surface area contributed by atoms with Gasteiger partial charge in [0.25, 0.3) is 0 Å². The zero-order chi connectivity index (χ0) is 12.3. The topological polar surface area (TPSA) is 12.5 Å². The number of piperidine rings is 1. The highest BCUT2D eigenvalue weighted by Crippen LogP contribution is 2.30. The fraction of sp³-hybridized carbons (Fsp3) is 1.00. The van der Waals surface area contributed by atoms with Gasteiger partial charge in [0.05, 0.1) is 6.10 Å². The third kappa shape index (κ3) is 3.59. The Balaban J connectivity index is 1.80. The molecule has 2 rings (SSSR count). The Morgan fingerprint density at radius 2 is 1.88 bits per heavy atom. The van der Waals surface area contributed by atoms with Crippen molar-refractivity contribution < 1.29 is 4.74 Å². The van der Waals surface area contributed by atoms with Gasteiger partial charge < -0.3 is 9.64 Å². The number of hydrogen-bond acceptors (Lipinski definition) is 2. The van der Waals surface area contributed by atoms with Crippen LogP contribution in [0.4, 0.5) is 0 Å². The summed E-state index contributed by atoms with van der Waals surface area (Å²) in [5.74, 6) is 0.731. The van der Waals surface area contributed by atoms with Crippen LogP contribution < -0.4 is 0 Å². The van der Waals surface area contributed by atoms with Crippen LogP contribution in [-0.4, -0.2) is 42.6 Å². The largest absolute Gasteiger partial charge is 0.381 e. The lowest BCUT2D eigenvalue weighted by molar-refractivity contribution is 0.0177. The molecule has 0 aromatic rings. The molecule has 1 heterocycles. The van der Waals surface area contributed by atoms with Gasteiger partial charge in [-0.25, -0.2) is 0 Å². The molecule has 1 saturated heterocycles. The molecule has 0 bridgehead atoms. The number of rotatable bonds is 3. The summed E-state index contributed by atoms with van der Waals surface area (Å²) in [6, 6.07) is 0.764. The third-order valence-corrected chi connectivity index (χ3v) is 5.03. The predicted octanol–water partition coefficient (Wildman–Crippen LogP) is 3.28. The number of nitrogens with zero attached hydrogens (tertiary/aromatic N) is 1. The molecule has 3 unspecified atom stereocenters. The zero-order valence-corrected chi connectivity index (χ0v) is 12.0. The molecule has 0 aromatic carbocycles. The van der Waals surface area contributed by atoms with Crippen LogP contribution >= 0.6 is 11.6 Å². The van der Waals surface area contributed by atoms with Gasteiger partial charge in [-0.1, -0.05) is 0 Å². The molecule has 17 heavy (non-hydrogen) atoms. The zero-order valence-electron chi connectivity index (χ0n) is 11.2. The van der Waals surface area contributed by atoms with Crippen molar-refractivity contribution in [2.24, 2.45) is 5.92 Å². The van der Waals surface area contributed by atoms with Crippen LogP contribution in [0.5, 0.6) is 0 Å². The van der Waals surface area contributed by atoms with Gasteiger partial charge >= 0.3 is 0 Å². The maximum Gasteiger partial charge on any atom is 0.0586 e. The molecule has 1 aliphatic heterocycles. The maximum atomic E-state index is 6.20. The van der Waals surface area contributed by atoms with Crippen LogP contribution in [0.15, 0.2) is 0 Å². The van der Waals surface area contributed by atoms with E-state index >= 15 is 0 Å². The lowest BCUT2D eigenvalue weighted by atomic mass is 9.88. The highest BCUT2D eigenvalue weighted by atomic mass is 35.5. The smallest absolute Gasteiger partial charge is 0.0586 e. The SMILES string of the molecule is COC1CCCC(N2CCC(C(C)Cl)CC2)C1. The van der Waals surface area contributed by atoms with Crippen LogP contribution in [0.2, 0.25) is 0 Å². The van der Waals surface area contributed by atoms with Crippen LogP contribution in [-0.2, 0) is 4.74 Å². The molecule has 3 atom stereocenters. The summed E-state index contributed by atoms with van der Waals surface area (Å²) in [7, 11) is 1.86. The van der Waals surface area contributed by atoms with E-state index in [1.165, 1.54) is 51.6 Å². The first-order valence-electron chi connectivity index (χ1n) is 7.11. The van der Waals surface area contributed by atoms with Crippen molar-refractivity contribution in [3.63, 3.8) is 0 Å². The Labute approximate surface area is 111 Å². The van der Waals surface area contributed by atoms with E-state index in [1.54, 1.807) is 0 Å². The summed E-state index contributed by atoms with van der Waals surface area (Å²) in [6.45, 7) is 4.62. The van der Waals surface area contributed by atoms with E-state index < -0.39 is 0 Å². The van der Waals surface area contributed by atoms with E-state index in [4.69, 9.17) is 16.3 Å². The lowest BCUT2D eigenvalue weighted by Crippen LogP contribution is -2.45. The minimum Gasteiger partial charge on any atom is -0.381 e. The summed E-state index contributed by atoms with van der Waals surface area (Å²) in [5.41, 5.74) is 0. The van der Waals surface area contributed by atoms with Crippen molar-refractivity contribution >= 4 is 11.6 Å². The summed E-state index contributed by atoms with van der Waals surface area (Å²) in [4.78, 5) is 2.68. The van der Waals surface area contributed by atoms with Crippen LogP contribution in [0.1, 0.15) is 45.4 Å². The highest BCUT2D eigenvalue weighted by molar-refractivity contribution is 6.20. The molecule has 0 N–H and O–H groups in total. The number of alkyl halides is 1. The molecule has 0 spiro atoms. The monoisotopic (exact) mass is 259 g/mol. The van der Waals surface area contributed by atoms with Gasteiger partial charge in [0, 0.05) is 18.5 Å². The van der Waals surface area contributed by atoms with Crippen molar-refractivity contribution in [1.82, 2.24) is 4.90 Å². The van der Waals surface area contributed by atoms with Crippen LogP contribution in [0, 0.1) is 5.92 Å². The summed E-state index contributed by atoms with van der Waals surface area (Å²) >= 11 is 6.20. The Morgan fingerprint density at radius 1 is 1.18 bits per heavy atom. The van der Waals surface area contributed by atoms with Crippen LogP contribution in [0.25, 0.3) is 0 Å². The fourth-order valence-electron chi connectivity index (χ4n) is 3.41. The highest BCUT2D eigenvalue weighted by Gasteiger charge is 2.30. The van der Waals surface area contributed by atoms with Crippen molar-refractivity contribution in [1.29, 1.82) is 0 Å². The number of hydrogen-bond donors (Lipinski definition) is 0. The normalized spacial score (nSPS) is 34.8. The van der Waals surface area contributed by atoms with Crippen LogP contribution in [0.3, 0.4) is 0 Å². The first-order valence-corrected chi connectivity index (χ1v) is 7.55. The maximum absolute atomic E-state index is 6.20. The number of ether oxygens (including phenoxy) is 1. The van der Waals surface area contributed by atoms with Gasteiger partial charge in [-0.05, 0) is 64.5 Å². The second-order valence-corrected chi connectivity index (χ2v) is 6.42. The first kappa shape index (κ1) is 13.6. The average Bonchev–Trinajstić information content (AvgIpc) is 2.39. The molecule has 2 aliphatic rings. The second kappa shape index (κ2) is 6.40. The molecule has 0 aromatic heterocycles. The van der Waals surface area contributed by atoms with E-state index in [9.17, 15) is 0 Å². The Bertz CT molecular complexity index is 226. The minimum absolute atomic E-state index is 0.343. The number of likely N-dealkylation sites (tertiary alicyclic amines) is 1. The van der Waals surface area contributed by atoms with E-state index in [2.05, 4.69) is 11.8 Å².